The van der Waals surface area contributed by atoms with Crippen LogP contribution in [-0.4, -0.2) is 60.4 Å². The minimum atomic E-state index is 0.276. The van der Waals surface area contributed by atoms with Gasteiger partial charge in [0.05, 0.1) is 17.2 Å². The van der Waals surface area contributed by atoms with Crippen LogP contribution >= 0.6 is 12.2 Å². The van der Waals surface area contributed by atoms with Gasteiger partial charge in [-0.15, -0.1) is 0 Å². The average molecular weight is 424 g/mol. The average Bonchev–Trinajstić information content (AvgIpc) is 3.13. The summed E-state index contributed by atoms with van der Waals surface area (Å²) in [6.07, 6.45) is 3.49. The number of pyridine rings is 1. The largest absolute Gasteiger partial charge is 0.376 e. The molecule has 6 nitrogen and oxygen atoms in total. The molecule has 2 aromatic rings. The molecule has 2 aliphatic heterocycles. The Morgan fingerprint density at radius 1 is 1.23 bits per heavy atom. The number of nitriles is 1. The highest BCUT2D eigenvalue weighted by Gasteiger charge is 2.22. The van der Waals surface area contributed by atoms with E-state index in [1.165, 1.54) is 5.56 Å². The lowest BCUT2D eigenvalue weighted by Gasteiger charge is -2.26. The Morgan fingerprint density at radius 3 is 2.87 bits per heavy atom. The number of nitrogens with one attached hydrogen (secondary N) is 1. The van der Waals surface area contributed by atoms with Crippen molar-refractivity contribution in [2.75, 3.05) is 44.2 Å². The molecule has 1 atom stereocenters. The molecule has 2 fully saturated rings. The summed E-state index contributed by atoms with van der Waals surface area (Å²) in [6, 6.07) is 8.59. The van der Waals surface area contributed by atoms with Crippen molar-refractivity contribution >= 4 is 34.1 Å². The van der Waals surface area contributed by atoms with Crippen molar-refractivity contribution in [1.29, 1.82) is 5.26 Å². The Bertz CT molecular complexity index is 980. The molecule has 0 spiro atoms. The van der Waals surface area contributed by atoms with E-state index in [1.54, 1.807) is 0 Å². The van der Waals surface area contributed by atoms with Gasteiger partial charge in [-0.2, -0.15) is 5.26 Å². The molecule has 4 rings (SSSR count). The lowest BCUT2D eigenvalue weighted by atomic mass is 10.0. The lowest BCUT2D eigenvalue weighted by molar-refractivity contribution is 0.113. The summed E-state index contributed by atoms with van der Waals surface area (Å²) in [5.74, 6) is 0.787. The fourth-order valence-electron chi connectivity index (χ4n) is 4.39. The minimum absolute atomic E-state index is 0.276. The van der Waals surface area contributed by atoms with E-state index >= 15 is 0 Å². The molecular formula is C23H29N5OS. The Balaban J connectivity index is 1.48. The predicted octanol–water partition coefficient (Wildman–Crippen LogP) is 3.29. The third-order valence-electron chi connectivity index (χ3n) is 5.97. The molecule has 0 amide bonds. The molecule has 1 aromatic carbocycles. The van der Waals surface area contributed by atoms with E-state index < -0.39 is 0 Å². The van der Waals surface area contributed by atoms with Crippen LogP contribution in [0.5, 0.6) is 0 Å². The summed E-state index contributed by atoms with van der Waals surface area (Å²) in [5, 5.41) is 15.0. The van der Waals surface area contributed by atoms with Crippen molar-refractivity contribution in [2.45, 2.75) is 39.2 Å². The highest BCUT2D eigenvalue weighted by Crippen LogP contribution is 2.27. The molecule has 0 bridgehead atoms. The summed E-state index contributed by atoms with van der Waals surface area (Å²) in [4.78, 5) is 9.37. The van der Waals surface area contributed by atoms with Gasteiger partial charge in [0, 0.05) is 44.7 Å². The molecule has 0 aliphatic carbocycles. The molecule has 0 saturated carbocycles. The number of aromatic nitrogens is 1. The van der Waals surface area contributed by atoms with E-state index in [4.69, 9.17) is 21.9 Å². The van der Waals surface area contributed by atoms with Gasteiger partial charge in [-0.1, -0.05) is 6.07 Å². The summed E-state index contributed by atoms with van der Waals surface area (Å²) in [7, 11) is 0. The van der Waals surface area contributed by atoms with Crippen LogP contribution < -0.4 is 10.2 Å². The number of rotatable bonds is 3. The van der Waals surface area contributed by atoms with Crippen molar-refractivity contribution in [3.63, 3.8) is 0 Å². The first-order chi connectivity index (χ1) is 14.5. The molecule has 1 unspecified atom stereocenters. The second-order valence-corrected chi connectivity index (χ2v) is 8.66. The second kappa shape index (κ2) is 9.15. The van der Waals surface area contributed by atoms with Gasteiger partial charge in [0.2, 0.25) is 0 Å². The molecule has 1 aromatic heterocycles. The molecule has 158 valence electrons. The monoisotopic (exact) mass is 423 g/mol. The molecule has 1 N–H and O–H groups in total. The zero-order valence-corrected chi connectivity index (χ0v) is 18.6. The lowest BCUT2D eigenvalue weighted by Crippen LogP contribution is -2.44. The number of ether oxygens (including phenoxy) is 1. The molecular weight excluding hydrogens is 394 g/mol. The predicted molar refractivity (Wildman–Crippen MR) is 124 cm³/mol. The van der Waals surface area contributed by atoms with Gasteiger partial charge in [0.15, 0.2) is 5.11 Å². The highest BCUT2D eigenvalue weighted by molar-refractivity contribution is 7.80. The van der Waals surface area contributed by atoms with Crippen molar-refractivity contribution < 1.29 is 4.74 Å². The number of aryl methyl sites for hydroxylation is 2. The number of nitrogens with zero attached hydrogens (tertiary/aromatic N) is 4. The van der Waals surface area contributed by atoms with E-state index in [2.05, 4.69) is 47.2 Å². The van der Waals surface area contributed by atoms with Crippen molar-refractivity contribution in [2.24, 2.45) is 0 Å². The first-order valence-electron chi connectivity index (χ1n) is 10.8. The topological polar surface area (TPSA) is 64.4 Å². The third-order valence-corrected chi connectivity index (χ3v) is 6.38. The van der Waals surface area contributed by atoms with Crippen LogP contribution in [0, 0.1) is 25.2 Å². The highest BCUT2D eigenvalue weighted by atomic mass is 32.1. The maximum atomic E-state index is 9.77. The number of hydrogen-bond acceptors (Lipinski definition) is 5. The van der Waals surface area contributed by atoms with Crippen molar-refractivity contribution in [3.05, 3.63) is 34.9 Å². The van der Waals surface area contributed by atoms with E-state index in [0.29, 0.717) is 5.56 Å². The first kappa shape index (κ1) is 20.8. The molecule has 7 heteroatoms. The number of thiocarbonyl (C=S) groups is 1. The van der Waals surface area contributed by atoms with Gasteiger partial charge in [-0.25, -0.2) is 4.98 Å². The summed E-state index contributed by atoms with van der Waals surface area (Å²) in [5.41, 5.74) is 3.94. The summed E-state index contributed by atoms with van der Waals surface area (Å²) >= 11 is 5.64. The Morgan fingerprint density at radius 2 is 2.10 bits per heavy atom. The zero-order chi connectivity index (χ0) is 21.1. The molecule has 2 aliphatic rings. The number of hydrogen-bond donors (Lipinski definition) is 1. The molecule has 2 saturated heterocycles. The Kier molecular flexibility index (Phi) is 6.35. The first-order valence-corrected chi connectivity index (χ1v) is 11.2. The minimum Gasteiger partial charge on any atom is -0.376 e. The zero-order valence-electron chi connectivity index (χ0n) is 17.8. The Hall–Kier alpha value is -2.43. The maximum Gasteiger partial charge on any atom is 0.169 e. The number of fused-ring (bicyclic) bond motifs is 1. The maximum absolute atomic E-state index is 9.77. The smallest absolute Gasteiger partial charge is 0.169 e. The normalized spacial score (nSPS) is 19.6. The van der Waals surface area contributed by atoms with Crippen LogP contribution in [0.3, 0.4) is 0 Å². The number of benzene rings is 1. The van der Waals surface area contributed by atoms with Crippen molar-refractivity contribution in [1.82, 2.24) is 15.2 Å². The van der Waals surface area contributed by atoms with Crippen LogP contribution in [0.1, 0.15) is 36.0 Å². The molecule has 30 heavy (non-hydrogen) atoms. The fourth-order valence-corrected chi connectivity index (χ4v) is 4.66. The second-order valence-electron chi connectivity index (χ2n) is 8.27. The van der Waals surface area contributed by atoms with Gasteiger partial charge in [-0.3, -0.25) is 0 Å². The van der Waals surface area contributed by atoms with Crippen LogP contribution in [0.2, 0.25) is 0 Å². The standard InChI is InChI=1S/C23H29N5OS/c1-16-11-17(2)20-13-18(14-24)22(26-21(20)12-16)27-6-4-7-28(9-8-27)23(30)25-15-19-5-3-10-29-19/h11-13,19H,3-10,15H2,1-2H3,(H,25,30). The van der Waals surface area contributed by atoms with Crippen LogP contribution in [0.4, 0.5) is 5.82 Å². The van der Waals surface area contributed by atoms with E-state index in [0.717, 1.165) is 86.0 Å². The van der Waals surface area contributed by atoms with Crippen LogP contribution in [-0.2, 0) is 4.74 Å². The van der Waals surface area contributed by atoms with E-state index in [-0.39, 0.29) is 6.10 Å². The molecule has 0 radical (unpaired) electrons. The van der Waals surface area contributed by atoms with Gasteiger partial charge in [-0.05, 0) is 68.6 Å². The summed E-state index contributed by atoms with van der Waals surface area (Å²) in [6.45, 7) is 9.17. The van der Waals surface area contributed by atoms with Crippen molar-refractivity contribution in [3.8, 4) is 6.07 Å². The summed E-state index contributed by atoms with van der Waals surface area (Å²) < 4.78 is 5.68. The molecule has 3 heterocycles. The van der Waals surface area contributed by atoms with Gasteiger partial charge >= 0.3 is 0 Å². The van der Waals surface area contributed by atoms with E-state index in [1.807, 2.05) is 6.07 Å². The quantitative estimate of drug-likeness (QED) is 0.760. The number of anilines is 1. The van der Waals surface area contributed by atoms with Gasteiger partial charge < -0.3 is 19.9 Å². The SMILES string of the molecule is Cc1cc(C)c2cc(C#N)c(N3CCCN(C(=S)NCC4CCCO4)CC3)nc2c1. The Labute approximate surface area is 183 Å². The van der Waals surface area contributed by atoms with Gasteiger partial charge in [0.25, 0.3) is 0 Å². The van der Waals surface area contributed by atoms with Crippen LogP contribution in [0.25, 0.3) is 10.9 Å². The fraction of sp³-hybridized carbons (Fsp3) is 0.522. The third kappa shape index (κ3) is 4.50. The van der Waals surface area contributed by atoms with Crippen LogP contribution in [0.15, 0.2) is 18.2 Å². The van der Waals surface area contributed by atoms with E-state index in [9.17, 15) is 5.26 Å². The van der Waals surface area contributed by atoms with Gasteiger partial charge in [0.1, 0.15) is 11.9 Å².